The van der Waals surface area contributed by atoms with E-state index in [0.717, 1.165) is 66.8 Å². The van der Waals surface area contributed by atoms with Crippen molar-refractivity contribution in [3.63, 3.8) is 0 Å². The summed E-state index contributed by atoms with van der Waals surface area (Å²) < 4.78 is 30.9. The number of nitrogens with one attached hydrogen (secondary N) is 2. The maximum atomic E-state index is 13.3. The SMILES string of the molecule is CCN(CC)CCCC(=O)c1c(C)[nH]c(C=C2C(=O)Cc3ccc(NC(=O)/C=C\C(=O)O[C@H](COc4nsnc4N4CCOCC4)CN(C(=O)COC(C)=O)C(C)(C)C)cc32)c1C. The number of anilines is 2. The van der Waals surface area contributed by atoms with Crippen molar-refractivity contribution < 1.29 is 47.7 Å². The lowest BCUT2D eigenvalue weighted by molar-refractivity contribution is -0.157. The van der Waals surface area contributed by atoms with E-state index in [2.05, 4.69) is 37.8 Å². The van der Waals surface area contributed by atoms with Gasteiger partial charge in [-0.15, -0.1) is 4.37 Å². The number of hydrogen-bond donors (Lipinski definition) is 2. The second-order valence-corrected chi connectivity index (χ2v) is 16.9. The number of esters is 2. The van der Waals surface area contributed by atoms with Gasteiger partial charge in [0.15, 0.2) is 24.3 Å². The molecule has 1 saturated heterocycles. The summed E-state index contributed by atoms with van der Waals surface area (Å²) >= 11 is 0.966. The fourth-order valence-corrected chi connectivity index (χ4v) is 8.02. The van der Waals surface area contributed by atoms with Gasteiger partial charge in [0.1, 0.15) is 6.61 Å². The van der Waals surface area contributed by atoms with Crippen LogP contribution in [-0.2, 0) is 44.6 Å². The molecule has 18 heteroatoms. The number of aromatic nitrogens is 3. The van der Waals surface area contributed by atoms with Crippen LogP contribution in [0.4, 0.5) is 11.5 Å². The third-order valence-electron chi connectivity index (χ3n) is 10.8. The first kappa shape index (κ1) is 48.3. The van der Waals surface area contributed by atoms with Crippen molar-refractivity contribution >= 4 is 70.2 Å². The Bertz CT molecular complexity index is 2210. The second-order valence-electron chi connectivity index (χ2n) is 16.4. The van der Waals surface area contributed by atoms with Crippen LogP contribution in [0.15, 0.2) is 30.4 Å². The molecule has 3 heterocycles. The highest BCUT2D eigenvalue weighted by atomic mass is 32.1. The van der Waals surface area contributed by atoms with E-state index < -0.39 is 42.0 Å². The number of benzene rings is 1. The Balaban J connectivity index is 1.27. The maximum Gasteiger partial charge on any atom is 0.331 e. The van der Waals surface area contributed by atoms with Crippen molar-refractivity contribution in [3.05, 3.63) is 64.0 Å². The molecular weight excluding hydrogens is 831 g/mol. The standard InChI is InChI=1S/C45H59N7O10S/c1-9-50(10-2)17-11-12-37(54)42-28(3)36(46-29(42)4)24-35-34-23-32(14-13-31(34)22-38(35)55)47-39(56)15-16-41(58)62-33(25-52(45(6,7)8)40(57)27-60-30(5)53)26-61-44-43(48-63-49-44)51-18-20-59-21-19-51/h13-16,23-24,33,46H,9-12,17-22,25-27H2,1-8H3,(H,47,56)/b16-15-,35-24?/t33-/m0/s1. The van der Waals surface area contributed by atoms with E-state index in [1.165, 1.54) is 11.8 Å². The number of hydrogen-bond acceptors (Lipinski definition) is 15. The molecule has 1 aliphatic carbocycles. The molecule has 0 radical (unpaired) electrons. The van der Waals surface area contributed by atoms with E-state index in [1.54, 1.807) is 45.0 Å². The number of aryl methyl sites for hydroxylation is 1. The first-order valence-corrected chi connectivity index (χ1v) is 22.0. The number of ether oxygens (including phenoxy) is 4. The zero-order valence-electron chi connectivity index (χ0n) is 37.5. The summed E-state index contributed by atoms with van der Waals surface area (Å²) in [5.74, 6) is -1.92. The molecule has 5 rings (SSSR count). The van der Waals surface area contributed by atoms with Crippen LogP contribution in [0.25, 0.3) is 11.6 Å². The molecule has 2 amide bonds. The van der Waals surface area contributed by atoms with Crippen LogP contribution in [0, 0.1) is 13.8 Å². The van der Waals surface area contributed by atoms with Crippen LogP contribution >= 0.6 is 11.7 Å². The average molecular weight is 890 g/mol. The van der Waals surface area contributed by atoms with Gasteiger partial charge < -0.3 is 43.9 Å². The molecule has 0 bridgehead atoms. The van der Waals surface area contributed by atoms with Gasteiger partial charge in [0.25, 0.3) is 11.8 Å². The highest BCUT2D eigenvalue weighted by Gasteiger charge is 2.32. The summed E-state index contributed by atoms with van der Waals surface area (Å²) in [5, 5.41) is 2.75. The number of carbonyl (C=O) groups is 6. The topological polar surface area (TPSA) is 203 Å². The zero-order valence-corrected chi connectivity index (χ0v) is 38.3. The first-order chi connectivity index (χ1) is 30.0. The molecule has 3 aromatic rings. The van der Waals surface area contributed by atoms with Crippen LogP contribution < -0.4 is 15.0 Å². The van der Waals surface area contributed by atoms with E-state index in [9.17, 15) is 28.8 Å². The lowest BCUT2D eigenvalue weighted by atomic mass is 10.00. The van der Waals surface area contributed by atoms with Crippen molar-refractivity contribution in [3.8, 4) is 5.88 Å². The van der Waals surface area contributed by atoms with Gasteiger partial charge >= 0.3 is 11.9 Å². The number of allylic oxidation sites excluding steroid dienone is 1. The number of morpholine rings is 1. The Morgan fingerprint density at radius 1 is 1.06 bits per heavy atom. The molecule has 1 aromatic carbocycles. The molecule has 0 spiro atoms. The molecule has 0 saturated carbocycles. The molecule has 2 aliphatic rings. The van der Waals surface area contributed by atoms with Crippen molar-refractivity contribution in [1.82, 2.24) is 23.5 Å². The molecule has 2 aromatic heterocycles. The third-order valence-corrected chi connectivity index (χ3v) is 11.3. The van der Waals surface area contributed by atoms with E-state index in [4.69, 9.17) is 18.9 Å². The minimum absolute atomic E-state index is 0.0616. The Kier molecular flexibility index (Phi) is 16.9. The van der Waals surface area contributed by atoms with E-state index >= 15 is 0 Å². The maximum absolute atomic E-state index is 13.3. The predicted octanol–water partition coefficient (Wildman–Crippen LogP) is 4.97. The smallest absolute Gasteiger partial charge is 0.331 e. The lowest BCUT2D eigenvalue weighted by Crippen LogP contribution is -2.52. The predicted molar refractivity (Wildman–Crippen MR) is 239 cm³/mol. The summed E-state index contributed by atoms with van der Waals surface area (Å²) in [6.45, 7) is 18.6. The lowest BCUT2D eigenvalue weighted by Gasteiger charge is -2.37. The summed E-state index contributed by atoms with van der Waals surface area (Å²) in [5.41, 5.74) is 4.38. The van der Waals surface area contributed by atoms with Gasteiger partial charge in [0, 0.05) is 78.8 Å². The van der Waals surface area contributed by atoms with Gasteiger partial charge in [-0.05, 0) is 95.6 Å². The number of nitrogens with zero attached hydrogens (tertiary/aromatic N) is 5. The van der Waals surface area contributed by atoms with Gasteiger partial charge in [-0.25, -0.2) is 4.79 Å². The Labute approximate surface area is 372 Å². The number of rotatable bonds is 20. The number of ketones is 2. The normalized spacial score (nSPS) is 15.2. The minimum Gasteiger partial charge on any atom is -0.470 e. The number of Topliss-reactive ketones (excluding diaryl/α,β-unsaturated/α-hetero) is 2. The number of carbonyl (C=O) groups excluding carboxylic acids is 6. The summed E-state index contributed by atoms with van der Waals surface area (Å²) in [7, 11) is 0. The fraction of sp³-hybridized carbons (Fsp3) is 0.511. The van der Waals surface area contributed by atoms with Gasteiger partial charge in [0.05, 0.1) is 31.5 Å². The quantitative estimate of drug-likeness (QED) is 0.0875. The molecule has 0 unspecified atom stereocenters. The molecule has 1 aliphatic heterocycles. The van der Waals surface area contributed by atoms with E-state index in [1.807, 2.05) is 18.7 Å². The Hall–Kier alpha value is -5.72. The molecule has 1 atom stereocenters. The molecule has 1 fully saturated rings. The van der Waals surface area contributed by atoms with Crippen molar-refractivity contribution in [2.24, 2.45) is 0 Å². The van der Waals surface area contributed by atoms with Crippen LogP contribution in [0.1, 0.15) is 92.8 Å². The molecular formula is C45H59N7O10S. The highest BCUT2D eigenvalue weighted by molar-refractivity contribution is 6.99. The van der Waals surface area contributed by atoms with E-state index in [-0.39, 0.29) is 37.0 Å². The highest BCUT2D eigenvalue weighted by Crippen LogP contribution is 2.35. The van der Waals surface area contributed by atoms with Crippen molar-refractivity contribution in [1.29, 1.82) is 0 Å². The van der Waals surface area contributed by atoms with Crippen molar-refractivity contribution in [2.75, 3.05) is 75.9 Å². The zero-order chi connectivity index (χ0) is 45.8. The molecule has 17 nitrogen and oxygen atoms in total. The summed E-state index contributed by atoms with van der Waals surface area (Å²) in [6, 6.07) is 5.16. The number of amides is 2. The summed E-state index contributed by atoms with van der Waals surface area (Å²) in [4.78, 5) is 86.7. The van der Waals surface area contributed by atoms with Crippen LogP contribution in [0.3, 0.4) is 0 Å². The van der Waals surface area contributed by atoms with Crippen LogP contribution in [0.5, 0.6) is 5.88 Å². The van der Waals surface area contributed by atoms with Crippen LogP contribution in [0.2, 0.25) is 0 Å². The first-order valence-electron chi connectivity index (χ1n) is 21.2. The number of aromatic amines is 1. The number of H-pyrrole nitrogens is 1. The number of fused-ring (bicyclic) bond motifs is 1. The van der Waals surface area contributed by atoms with E-state index in [0.29, 0.717) is 66.6 Å². The Morgan fingerprint density at radius 3 is 2.48 bits per heavy atom. The largest absolute Gasteiger partial charge is 0.470 e. The molecule has 340 valence electrons. The van der Waals surface area contributed by atoms with Gasteiger partial charge in [-0.3, -0.25) is 24.0 Å². The second kappa shape index (κ2) is 22.1. The average Bonchev–Trinajstić information content (AvgIpc) is 3.92. The fourth-order valence-electron chi connectivity index (χ4n) is 7.50. The van der Waals surface area contributed by atoms with Gasteiger partial charge in [-0.1, -0.05) is 19.9 Å². The van der Waals surface area contributed by atoms with Gasteiger partial charge in [0.2, 0.25) is 11.7 Å². The monoisotopic (exact) mass is 889 g/mol. The third kappa shape index (κ3) is 13.2. The molecule has 2 N–H and O–H groups in total. The van der Waals surface area contributed by atoms with Crippen LogP contribution in [-0.4, -0.2) is 136 Å². The minimum atomic E-state index is -1.05. The Morgan fingerprint density at radius 2 is 1.79 bits per heavy atom. The summed E-state index contributed by atoms with van der Waals surface area (Å²) in [6.07, 6.45) is 4.08. The molecule has 63 heavy (non-hydrogen) atoms. The van der Waals surface area contributed by atoms with Crippen molar-refractivity contribution in [2.45, 2.75) is 86.3 Å². The van der Waals surface area contributed by atoms with Gasteiger partial charge in [-0.2, -0.15) is 4.37 Å².